The summed E-state index contributed by atoms with van der Waals surface area (Å²) >= 11 is 2.07. The summed E-state index contributed by atoms with van der Waals surface area (Å²) in [6.07, 6.45) is 3.85. The van der Waals surface area contributed by atoms with E-state index in [1.54, 1.807) is 0 Å². The first-order chi connectivity index (χ1) is 6.20. The number of aliphatic hydroxyl groups excluding tert-OH is 1. The normalized spacial score (nSPS) is 28.4. The Balaban J connectivity index is 2.10. The van der Waals surface area contributed by atoms with E-state index in [0.717, 1.165) is 11.8 Å². The van der Waals surface area contributed by atoms with Crippen LogP contribution in [0.15, 0.2) is 0 Å². The number of aliphatic hydroxyl groups is 1. The molecule has 0 saturated carbocycles. The molecular formula is C10H21NOS. The third-order valence-electron chi connectivity index (χ3n) is 2.67. The van der Waals surface area contributed by atoms with Gasteiger partial charge >= 0.3 is 0 Å². The Labute approximate surface area is 85.5 Å². The zero-order valence-electron chi connectivity index (χ0n) is 8.62. The summed E-state index contributed by atoms with van der Waals surface area (Å²) < 4.78 is 0. The molecule has 1 fully saturated rings. The second-order valence-corrected chi connectivity index (χ2v) is 5.33. The third kappa shape index (κ3) is 4.34. The van der Waals surface area contributed by atoms with Crippen molar-refractivity contribution < 1.29 is 5.11 Å². The highest BCUT2D eigenvalue weighted by Gasteiger charge is 2.15. The standard InChI is InChI=1S/C10H21NOS/c1-8(9(2)12)11-7-10-5-3-4-6-13-10/h8-12H,3-7H2,1-2H3. The van der Waals surface area contributed by atoms with Gasteiger partial charge in [0.05, 0.1) is 6.10 Å². The fraction of sp³-hybridized carbons (Fsp3) is 1.00. The first-order valence-electron chi connectivity index (χ1n) is 5.23. The van der Waals surface area contributed by atoms with Crippen molar-refractivity contribution in [2.75, 3.05) is 12.3 Å². The fourth-order valence-electron chi connectivity index (χ4n) is 1.46. The minimum Gasteiger partial charge on any atom is -0.392 e. The molecule has 78 valence electrons. The molecule has 0 aromatic carbocycles. The molecule has 0 amide bonds. The second-order valence-electron chi connectivity index (χ2n) is 3.93. The van der Waals surface area contributed by atoms with Crippen molar-refractivity contribution in [2.45, 2.75) is 50.5 Å². The molecule has 1 heterocycles. The van der Waals surface area contributed by atoms with Crippen LogP contribution >= 0.6 is 11.8 Å². The predicted octanol–water partition coefficient (Wildman–Crippen LogP) is 1.63. The van der Waals surface area contributed by atoms with Gasteiger partial charge in [-0.2, -0.15) is 11.8 Å². The minimum absolute atomic E-state index is 0.225. The van der Waals surface area contributed by atoms with Gasteiger partial charge in [0.15, 0.2) is 0 Å². The Morgan fingerprint density at radius 1 is 1.46 bits per heavy atom. The van der Waals surface area contributed by atoms with Gasteiger partial charge in [-0.15, -0.1) is 0 Å². The van der Waals surface area contributed by atoms with Crippen molar-refractivity contribution in [3.05, 3.63) is 0 Å². The average Bonchev–Trinajstić information content (AvgIpc) is 2.15. The summed E-state index contributed by atoms with van der Waals surface area (Å²) in [4.78, 5) is 0. The lowest BCUT2D eigenvalue weighted by Crippen LogP contribution is -2.39. The molecule has 0 aliphatic carbocycles. The van der Waals surface area contributed by atoms with Crippen LogP contribution in [0, 0.1) is 0 Å². The van der Waals surface area contributed by atoms with Crippen LogP contribution in [0.25, 0.3) is 0 Å². The van der Waals surface area contributed by atoms with Gasteiger partial charge < -0.3 is 10.4 Å². The Hall–Kier alpha value is 0.270. The molecule has 1 aliphatic heterocycles. The van der Waals surface area contributed by atoms with E-state index < -0.39 is 0 Å². The van der Waals surface area contributed by atoms with Gasteiger partial charge in [0, 0.05) is 17.8 Å². The van der Waals surface area contributed by atoms with Gasteiger partial charge in [-0.05, 0) is 32.4 Å². The zero-order chi connectivity index (χ0) is 9.68. The number of hydrogen-bond acceptors (Lipinski definition) is 3. The predicted molar refractivity (Wildman–Crippen MR) is 59.2 cm³/mol. The van der Waals surface area contributed by atoms with E-state index in [1.807, 2.05) is 13.8 Å². The topological polar surface area (TPSA) is 32.3 Å². The van der Waals surface area contributed by atoms with Crippen LogP contribution in [0.2, 0.25) is 0 Å². The van der Waals surface area contributed by atoms with Crippen LogP contribution < -0.4 is 5.32 Å². The van der Waals surface area contributed by atoms with Gasteiger partial charge in [-0.25, -0.2) is 0 Å². The maximum Gasteiger partial charge on any atom is 0.0662 e. The molecule has 3 heteroatoms. The van der Waals surface area contributed by atoms with Gasteiger partial charge in [0.2, 0.25) is 0 Å². The molecule has 1 rings (SSSR count). The van der Waals surface area contributed by atoms with Gasteiger partial charge in [0.1, 0.15) is 0 Å². The van der Waals surface area contributed by atoms with Crippen molar-refractivity contribution in [2.24, 2.45) is 0 Å². The summed E-state index contributed by atoms with van der Waals surface area (Å²) in [5.41, 5.74) is 0. The number of rotatable bonds is 4. The summed E-state index contributed by atoms with van der Waals surface area (Å²) in [6, 6.07) is 0.225. The van der Waals surface area contributed by atoms with E-state index in [1.165, 1.54) is 25.0 Å². The quantitative estimate of drug-likeness (QED) is 0.728. The van der Waals surface area contributed by atoms with Gasteiger partial charge in [-0.3, -0.25) is 0 Å². The van der Waals surface area contributed by atoms with E-state index in [9.17, 15) is 5.11 Å². The van der Waals surface area contributed by atoms with Crippen molar-refractivity contribution in [1.29, 1.82) is 0 Å². The van der Waals surface area contributed by atoms with Crippen LogP contribution in [0.4, 0.5) is 0 Å². The van der Waals surface area contributed by atoms with Crippen molar-refractivity contribution >= 4 is 11.8 Å². The van der Waals surface area contributed by atoms with Gasteiger partial charge in [0.25, 0.3) is 0 Å². The Morgan fingerprint density at radius 3 is 2.77 bits per heavy atom. The lowest BCUT2D eigenvalue weighted by atomic mass is 10.1. The molecule has 0 aromatic rings. The van der Waals surface area contributed by atoms with Crippen molar-refractivity contribution in [1.82, 2.24) is 5.32 Å². The van der Waals surface area contributed by atoms with E-state index >= 15 is 0 Å². The van der Waals surface area contributed by atoms with Crippen molar-refractivity contribution in [3.8, 4) is 0 Å². The molecule has 0 bridgehead atoms. The highest BCUT2D eigenvalue weighted by atomic mass is 32.2. The molecule has 3 atom stereocenters. The summed E-state index contributed by atoms with van der Waals surface area (Å²) in [7, 11) is 0. The smallest absolute Gasteiger partial charge is 0.0662 e. The van der Waals surface area contributed by atoms with E-state index in [0.29, 0.717) is 0 Å². The lowest BCUT2D eigenvalue weighted by Gasteiger charge is -2.24. The van der Waals surface area contributed by atoms with Crippen LogP contribution in [-0.2, 0) is 0 Å². The molecule has 13 heavy (non-hydrogen) atoms. The van der Waals surface area contributed by atoms with E-state index in [4.69, 9.17) is 0 Å². The Morgan fingerprint density at radius 2 is 2.23 bits per heavy atom. The summed E-state index contributed by atoms with van der Waals surface area (Å²) in [6.45, 7) is 4.93. The molecule has 0 radical (unpaired) electrons. The average molecular weight is 203 g/mol. The highest BCUT2D eigenvalue weighted by Crippen LogP contribution is 2.24. The largest absolute Gasteiger partial charge is 0.392 e. The third-order valence-corrected chi connectivity index (χ3v) is 4.06. The van der Waals surface area contributed by atoms with Crippen LogP contribution in [0.1, 0.15) is 33.1 Å². The van der Waals surface area contributed by atoms with E-state index in [2.05, 4.69) is 17.1 Å². The number of hydrogen-bond donors (Lipinski definition) is 2. The van der Waals surface area contributed by atoms with Gasteiger partial charge in [-0.1, -0.05) is 6.42 Å². The fourth-order valence-corrected chi connectivity index (χ4v) is 2.71. The first-order valence-corrected chi connectivity index (χ1v) is 6.28. The highest BCUT2D eigenvalue weighted by molar-refractivity contribution is 7.99. The maximum atomic E-state index is 9.28. The molecular weight excluding hydrogens is 182 g/mol. The minimum atomic E-state index is -0.242. The number of nitrogens with one attached hydrogen (secondary N) is 1. The summed E-state index contributed by atoms with van der Waals surface area (Å²) in [5, 5.41) is 13.4. The van der Waals surface area contributed by atoms with E-state index in [-0.39, 0.29) is 12.1 Å². The Kier molecular flexibility index (Phi) is 5.14. The van der Waals surface area contributed by atoms with Crippen LogP contribution in [-0.4, -0.2) is 34.8 Å². The molecule has 1 saturated heterocycles. The first kappa shape index (κ1) is 11.3. The van der Waals surface area contributed by atoms with Crippen LogP contribution in [0.3, 0.4) is 0 Å². The molecule has 0 aromatic heterocycles. The Bertz CT molecular complexity index is 135. The summed E-state index contributed by atoms with van der Waals surface area (Å²) in [5.74, 6) is 1.31. The monoisotopic (exact) mass is 203 g/mol. The molecule has 1 aliphatic rings. The van der Waals surface area contributed by atoms with Crippen LogP contribution in [0.5, 0.6) is 0 Å². The second kappa shape index (κ2) is 5.89. The lowest BCUT2D eigenvalue weighted by molar-refractivity contribution is 0.153. The molecule has 2 N–H and O–H groups in total. The SMILES string of the molecule is CC(O)C(C)NCC1CCCCS1. The molecule has 0 spiro atoms. The molecule has 3 unspecified atom stereocenters. The number of thioether (sulfide) groups is 1. The maximum absolute atomic E-state index is 9.28. The molecule has 2 nitrogen and oxygen atoms in total. The zero-order valence-corrected chi connectivity index (χ0v) is 9.44. The van der Waals surface area contributed by atoms with Crippen molar-refractivity contribution in [3.63, 3.8) is 0 Å².